The van der Waals surface area contributed by atoms with Crippen molar-refractivity contribution in [2.45, 2.75) is 18.6 Å². The van der Waals surface area contributed by atoms with Crippen LogP contribution in [0.2, 0.25) is 0 Å². The number of pyridine rings is 1. The number of hydrogen-bond donors (Lipinski definition) is 2. The standard InChI is InChI=1S/C18H17N5O2/c1-23-8-10(6-22-23)14-7-21-18-12(14)2-9(5-20-18)11-3-16-13(17(19)24)4-15(11)25-16/h2-3,5-8,13,15-16H,4H2,1H3,(H2,19,24)(H,20,21)/t13?,15-,16?/m1/s1. The van der Waals surface area contributed by atoms with Crippen LogP contribution < -0.4 is 5.73 Å². The lowest BCUT2D eigenvalue weighted by Gasteiger charge is -2.15. The van der Waals surface area contributed by atoms with Crippen LogP contribution in [0.5, 0.6) is 0 Å². The average molecular weight is 335 g/mol. The summed E-state index contributed by atoms with van der Waals surface area (Å²) in [5, 5.41) is 5.28. The van der Waals surface area contributed by atoms with Gasteiger partial charge in [-0.05, 0) is 29.7 Å². The maximum absolute atomic E-state index is 11.5. The van der Waals surface area contributed by atoms with Crippen molar-refractivity contribution in [1.29, 1.82) is 0 Å². The number of ether oxygens (including phenoxy) is 1. The molecule has 5 heterocycles. The van der Waals surface area contributed by atoms with Gasteiger partial charge in [0.25, 0.3) is 0 Å². The largest absolute Gasteiger partial charge is 0.369 e. The van der Waals surface area contributed by atoms with E-state index >= 15 is 0 Å². The number of hydrogen-bond acceptors (Lipinski definition) is 4. The first-order chi connectivity index (χ1) is 12.1. The van der Waals surface area contributed by atoms with Crippen molar-refractivity contribution in [3.05, 3.63) is 42.5 Å². The molecule has 126 valence electrons. The second kappa shape index (κ2) is 5.03. The van der Waals surface area contributed by atoms with Crippen LogP contribution in [0.15, 0.2) is 36.9 Å². The molecular formula is C18H17N5O2. The van der Waals surface area contributed by atoms with E-state index in [-0.39, 0.29) is 24.0 Å². The Bertz CT molecular complexity index is 1030. The van der Waals surface area contributed by atoms with E-state index in [2.05, 4.69) is 21.1 Å². The summed E-state index contributed by atoms with van der Waals surface area (Å²) in [5.41, 5.74) is 10.5. The van der Waals surface area contributed by atoms with Crippen molar-refractivity contribution in [2.75, 3.05) is 0 Å². The minimum Gasteiger partial charge on any atom is -0.369 e. The fourth-order valence-corrected chi connectivity index (χ4v) is 3.87. The van der Waals surface area contributed by atoms with Gasteiger partial charge < -0.3 is 15.5 Å². The Hall–Kier alpha value is -2.93. The Morgan fingerprint density at radius 3 is 2.96 bits per heavy atom. The smallest absolute Gasteiger partial charge is 0.223 e. The normalized spacial score (nSPS) is 24.8. The molecule has 0 radical (unpaired) electrons. The van der Waals surface area contributed by atoms with Gasteiger partial charge in [0.05, 0.1) is 24.3 Å². The monoisotopic (exact) mass is 335 g/mol. The molecule has 7 heteroatoms. The van der Waals surface area contributed by atoms with Gasteiger partial charge in [-0.25, -0.2) is 4.98 Å². The van der Waals surface area contributed by atoms with Crippen LogP contribution in [-0.4, -0.2) is 37.9 Å². The number of H-pyrrole nitrogens is 1. The quantitative estimate of drug-likeness (QED) is 0.760. The Balaban J connectivity index is 1.57. The van der Waals surface area contributed by atoms with Crippen LogP contribution in [0.4, 0.5) is 0 Å². The van der Waals surface area contributed by atoms with Crippen molar-refractivity contribution < 1.29 is 9.53 Å². The van der Waals surface area contributed by atoms with Gasteiger partial charge in [-0.3, -0.25) is 9.48 Å². The molecule has 3 aromatic heterocycles. The second-order valence-corrected chi connectivity index (χ2v) is 6.68. The fourth-order valence-electron chi connectivity index (χ4n) is 3.87. The Morgan fingerprint density at radius 1 is 1.40 bits per heavy atom. The second-order valence-electron chi connectivity index (χ2n) is 6.68. The molecule has 3 N–H and O–H groups in total. The van der Waals surface area contributed by atoms with E-state index in [1.165, 1.54) is 0 Å². The van der Waals surface area contributed by atoms with Gasteiger partial charge in [-0.15, -0.1) is 0 Å². The van der Waals surface area contributed by atoms with Crippen LogP contribution in [0, 0.1) is 5.92 Å². The summed E-state index contributed by atoms with van der Waals surface area (Å²) in [7, 11) is 1.90. The summed E-state index contributed by atoms with van der Waals surface area (Å²) >= 11 is 0. The first-order valence-corrected chi connectivity index (χ1v) is 8.23. The number of nitrogens with one attached hydrogen (secondary N) is 1. The van der Waals surface area contributed by atoms with E-state index < -0.39 is 0 Å². The summed E-state index contributed by atoms with van der Waals surface area (Å²) in [4.78, 5) is 19.2. The number of aromatic amines is 1. The van der Waals surface area contributed by atoms with E-state index in [0.717, 1.165) is 33.3 Å². The van der Waals surface area contributed by atoms with E-state index in [4.69, 9.17) is 10.5 Å². The van der Waals surface area contributed by atoms with Gasteiger partial charge in [0, 0.05) is 42.2 Å². The average Bonchev–Trinajstić information content (AvgIpc) is 3.36. The molecule has 0 aromatic carbocycles. The highest BCUT2D eigenvalue weighted by Crippen LogP contribution is 2.43. The summed E-state index contributed by atoms with van der Waals surface area (Å²) in [5.74, 6) is -0.510. The molecule has 2 aliphatic rings. The van der Waals surface area contributed by atoms with Crippen LogP contribution in [-0.2, 0) is 16.6 Å². The minimum absolute atomic E-state index is 0.0810. The minimum atomic E-state index is -0.291. The molecule has 1 amide bonds. The first-order valence-electron chi connectivity index (χ1n) is 8.23. The van der Waals surface area contributed by atoms with Gasteiger partial charge in [-0.2, -0.15) is 5.10 Å². The molecule has 2 aliphatic heterocycles. The highest BCUT2D eigenvalue weighted by Gasteiger charge is 2.44. The van der Waals surface area contributed by atoms with Crippen molar-refractivity contribution in [2.24, 2.45) is 18.7 Å². The van der Waals surface area contributed by atoms with Crippen molar-refractivity contribution in [3.63, 3.8) is 0 Å². The van der Waals surface area contributed by atoms with E-state index in [1.807, 2.05) is 37.9 Å². The molecule has 0 spiro atoms. The number of aryl methyl sites for hydroxylation is 1. The number of carbonyl (C=O) groups excluding carboxylic acids is 1. The Kier molecular flexibility index (Phi) is 2.90. The van der Waals surface area contributed by atoms with Crippen molar-refractivity contribution in [1.82, 2.24) is 19.7 Å². The van der Waals surface area contributed by atoms with Crippen molar-refractivity contribution in [3.8, 4) is 11.1 Å². The lowest BCUT2D eigenvalue weighted by molar-refractivity contribution is -0.122. The number of primary amides is 1. The number of carbonyl (C=O) groups is 1. The topological polar surface area (TPSA) is 98.8 Å². The Labute approximate surface area is 143 Å². The molecule has 3 aromatic rings. The van der Waals surface area contributed by atoms with Gasteiger partial charge in [0.2, 0.25) is 5.91 Å². The summed E-state index contributed by atoms with van der Waals surface area (Å²) in [6.45, 7) is 0. The number of rotatable bonds is 3. The zero-order chi connectivity index (χ0) is 17.1. The molecule has 1 saturated heterocycles. The molecule has 0 aliphatic carbocycles. The summed E-state index contributed by atoms with van der Waals surface area (Å²) in [6, 6.07) is 2.12. The first kappa shape index (κ1) is 14.4. The molecule has 7 nitrogen and oxygen atoms in total. The van der Waals surface area contributed by atoms with E-state index in [0.29, 0.717) is 6.42 Å². The lowest BCUT2D eigenvalue weighted by atomic mass is 9.86. The number of nitrogens with zero attached hydrogens (tertiary/aromatic N) is 3. The Morgan fingerprint density at radius 2 is 2.28 bits per heavy atom. The van der Waals surface area contributed by atoms with Crippen molar-refractivity contribution >= 4 is 22.5 Å². The fraction of sp³-hybridized carbons (Fsp3) is 0.278. The van der Waals surface area contributed by atoms with E-state index in [1.54, 1.807) is 4.68 Å². The third-order valence-electron chi connectivity index (χ3n) is 5.12. The van der Waals surface area contributed by atoms with Gasteiger partial charge >= 0.3 is 0 Å². The predicted molar refractivity (Wildman–Crippen MR) is 92.2 cm³/mol. The maximum atomic E-state index is 11.5. The molecular weight excluding hydrogens is 318 g/mol. The molecule has 1 fully saturated rings. The summed E-state index contributed by atoms with van der Waals surface area (Å²) in [6.07, 6.45) is 9.99. The van der Waals surface area contributed by atoms with Crippen LogP contribution >= 0.6 is 0 Å². The van der Waals surface area contributed by atoms with Gasteiger partial charge in [-0.1, -0.05) is 0 Å². The highest BCUT2D eigenvalue weighted by atomic mass is 16.5. The van der Waals surface area contributed by atoms with Crippen LogP contribution in [0.1, 0.15) is 12.0 Å². The third-order valence-corrected chi connectivity index (χ3v) is 5.12. The maximum Gasteiger partial charge on any atom is 0.223 e. The third kappa shape index (κ3) is 2.12. The van der Waals surface area contributed by atoms with Crippen LogP contribution in [0.3, 0.4) is 0 Å². The molecule has 5 rings (SSSR count). The highest BCUT2D eigenvalue weighted by molar-refractivity contribution is 5.95. The molecule has 3 atom stereocenters. The zero-order valence-corrected chi connectivity index (χ0v) is 13.6. The van der Waals surface area contributed by atoms with Crippen LogP contribution in [0.25, 0.3) is 27.7 Å². The molecule has 0 saturated carbocycles. The number of amides is 1. The van der Waals surface area contributed by atoms with Gasteiger partial charge in [0.15, 0.2) is 0 Å². The predicted octanol–water partition coefficient (Wildman–Crippen LogP) is 1.62. The lowest BCUT2D eigenvalue weighted by Crippen LogP contribution is -2.30. The number of aromatic nitrogens is 4. The molecule has 25 heavy (non-hydrogen) atoms. The van der Waals surface area contributed by atoms with Gasteiger partial charge in [0.1, 0.15) is 5.65 Å². The zero-order valence-electron chi connectivity index (χ0n) is 13.6. The SMILES string of the molecule is Cn1cc(-c2c[nH]c3ncc(C4=CC5O[C@@H]4CC5C(N)=O)cc23)cn1. The molecule has 2 unspecified atom stereocenters. The number of nitrogens with two attached hydrogens (primary N) is 1. The number of fused-ring (bicyclic) bond motifs is 3. The van der Waals surface area contributed by atoms with E-state index in [9.17, 15) is 4.79 Å². The molecule has 2 bridgehead atoms. The summed E-state index contributed by atoms with van der Waals surface area (Å²) < 4.78 is 7.66.